The molecular weight excluding hydrogens is 453 g/mol. The predicted molar refractivity (Wildman–Crippen MR) is 126 cm³/mol. The van der Waals surface area contributed by atoms with E-state index >= 15 is 0 Å². The summed E-state index contributed by atoms with van der Waals surface area (Å²) in [5, 5.41) is 1.45. The van der Waals surface area contributed by atoms with Crippen molar-refractivity contribution in [3.05, 3.63) is 81.6 Å². The Bertz CT molecular complexity index is 1240. The summed E-state index contributed by atoms with van der Waals surface area (Å²) >= 11 is 13.6. The lowest BCUT2D eigenvalue weighted by Crippen LogP contribution is -2.34. The fraction of sp³-hybridized carbons (Fsp3) is 0.174. The van der Waals surface area contributed by atoms with Crippen molar-refractivity contribution in [3.8, 4) is 5.75 Å². The maximum absolute atomic E-state index is 13.2. The SMILES string of the molecule is Cc1cc(C)c2nc(N(Cc3ccccn3)C(=O)COc3ccc(Cl)cc3Cl)sc2c1. The lowest BCUT2D eigenvalue weighted by atomic mass is 10.1. The van der Waals surface area contributed by atoms with Crippen molar-refractivity contribution >= 4 is 55.8 Å². The van der Waals surface area contributed by atoms with Gasteiger partial charge in [0, 0.05) is 11.2 Å². The van der Waals surface area contributed by atoms with Crippen LogP contribution in [-0.2, 0) is 11.3 Å². The first kappa shape index (κ1) is 21.6. The Kier molecular flexibility index (Phi) is 6.41. The first-order valence-corrected chi connectivity index (χ1v) is 11.1. The lowest BCUT2D eigenvalue weighted by Gasteiger charge is -2.20. The Labute approximate surface area is 194 Å². The maximum Gasteiger partial charge on any atom is 0.267 e. The largest absolute Gasteiger partial charge is 0.482 e. The molecule has 8 heteroatoms. The molecule has 0 radical (unpaired) electrons. The molecule has 5 nitrogen and oxygen atoms in total. The minimum atomic E-state index is -0.245. The Hall–Kier alpha value is -2.67. The van der Waals surface area contributed by atoms with Crippen LogP contribution in [0.1, 0.15) is 16.8 Å². The zero-order valence-corrected chi connectivity index (χ0v) is 19.3. The Balaban J connectivity index is 1.64. The molecule has 0 N–H and O–H groups in total. The van der Waals surface area contributed by atoms with E-state index < -0.39 is 0 Å². The second-order valence-electron chi connectivity index (χ2n) is 7.09. The van der Waals surface area contributed by atoms with Gasteiger partial charge in [-0.25, -0.2) is 4.98 Å². The third-order valence-corrected chi connectivity index (χ3v) is 6.20. The van der Waals surface area contributed by atoms with Gasteiger partial charge in [-0.2, -0.15) is 0 Å². The van der Waals surface area contributed by atoms with Crippen LogP contribution in [0, 0.1) is 13.8 Å². The van der Waals surface area contributed by atoms with E-state index in [9.17, 15) is 4.79 Å². The molecular formula is C23H19Cl2N3O2S. The highest BCUT2D eigenvalue weighted by molar-refractivity contribution is 7.22. The summed E-state index contributed by atoms with van der Waals surface area (Å²) in [6.07, 6.45) is 1.70. The molecule has 0 bridgehead atoms. The molecule has 4 aromatic rings. The number of amides is 1. The van der Waals surface area contributed by atoms with E-state index in [0.717, 1.165) is 27.0 Å². The number of aromatic nitrogens is 2. The number of carbonyl (C=O) groups excluding carboxylic acids is 1. The van der Waals surface area contributed by atoms with E-state index in [1.807, 2.05) is 32.0 Å². The van der Waals surface area contributed by atoms with Crippen LogP contribution in [0.4, 0.5) is 5.13 Å². The Morgan fingerprint density at radius 2 is 1.97 bits per heavy atom. The van der Waals surface area contributed by atoms with E-state index in [2.05, 4.69) is 17.1 Å². The molecule has 2 aromatic heterocycles. The summed E-state index contributed by atoms with van der Waals surface area (Å²) in [7, 11) is 0. The number of carbonyl (C=O) groups is 1. The van der Waals surface area contributed by atoms with Crippen molar-refractivity contribution in [1.29, 1.82) is 0 Å². The predicted octanol–water partition coefficient (Wildman–Crippen LogP) is 6.23. The van der Waals surface area contributed by atoms with Crippen molar-refractivity contribution in [3.63, 3.8) is 0 Å². The van der Waals surface area contributed by atoms with E-state index in [1.54, 1.807) is 29.3 Å². The first-order chi connectivity index (χ1) is 14.9. The highest BCUT2D eigenvalue weighted by atomic mass is 35.5. The van der Waals surface area contributed by atoms with Crippen LogP contribution in [-0.4, -0.2) is 22.5 Å². The fourth-order valence-corrected chi connectivity index (χ4v) is 4.82. The second-order valence-corrected chi connectivity index (χ2v) is 8.94. The van der Waals surface area contributed by atoms with E-state index in [1.165, 1.54) is 11.3 Å². The van der Waals surface area contributed by atoms with Crippen molar-refractivity contribution in [1.82, 2.24) is 9.97 Å². The summed E-state index contributed by atoms with van der Waals surface area (Å²) in [6, 6.07) is 14.7. The summed E-state index contributed by atoms with van der Waals surface area (Å²) in [6.45, 7) is 4.17. The van der Waals surface area contributed by atoms with Gasteiger partial charge in [0.05, 0.1) is 27.5 Å². The molecule has 0 atom stereocenters. The first-order valence-electron chi connectivity index (χ1n) is 9.56. The van der Waals surface area contributed by atoms with Crippen LogP contribution in [0.5, 0.6) is 5.75 Å². The fourth-order valence-electron chi connectivity index (χ4n) is 3.20. The molecule has 0 saturated heterocycles. The molecule has 0 unspecified atom stereocenters. The van der Waals surface area contributed by atoms with Crippen molar-refractivity contribution < 1.29 is 9.53 Å². The smallest absolute Gasteiger partial charge is 0.267 e. The summed E-state index contributed by atoms with van der Waals surface area (Å²) < 4.78 is 6.72. The zero-order chi connectivity index (χ0) is 22.0. The summed E-state index contributed by atoms with van der Waals surface area (Å²) in [5.41, 5.74) is 3.88. The molecule has 0 aliphatic rings. The van der Waals surface area contributed by atoms with Crippen molar-refractivity contribution in [2.45, 2.75) is 20.4 Å². The van der Waals surface area contributed by atoms with E-state index in [-0.39, 0.29) is 19.1 Å². The van der Waals surface area contributed by atoms with Crippen LogP contribution >= 0.6 is 34.5 Å². The van der Waals surface area contributed by atoms with Crippen LogP contribution in [0.15, 0.2) is 54.7 Å². The molecule has 31 heavy (non-hydrogen) atoms. The number of thiazole rings is 1. The number of aryl methyl sites for hydroxylation is 2. The lowest BCUT2D eigenvalue weighted by molar-refractivity contribution is -0.120. The molecule has 0 saturated carbocycles. The molecule has 1 amide bonds. The maximum atomic E-state index is 13.2. The number of pyridine rings is 1. The number of hydrogen-bond donors (Lipinski definition) is 0. The van der Waals surface area contributed by atoms with Gasteiger partial charge in [-0.3, -0.25) is 14.7 Å². The molecule has 0 aliphatic heterocycles. The summed E-state index contributed by atoms with van der Waals surface area (Å²) in [4.78, 5) is 23.9. The highest BCUT2D eigenvalue weighted by Gasteiger charge is 2.22. The quantitative estimate of drug-likeness (QED) is 0.334. The third-order valence-electron chi connectivity index (χ3n) is 4.64. The molecule has 158 valence electrons. The number of halogens is 2. The summed E-state index contributed by atoms with van der Waals surface area (Å²) in [5.74, 6) is 0.151. The average Bonchev–Trinajstić information content (AvgIpc) is 3.16. The number of nitrogens with zero attached hydrogens (tertiary/aromatic N) is 3. The number of fused-ring (bicyclic) bond motifs is 1. The van der Waals surface area contributed by atoms with Crippen LogP contribution < -0.4 is 9.64 Å². The minimum Gasteiger partial charge on any atom is -0.482 e. The standard InChI is InChI=1S/C23H19Cl2N3O2S/c1-14-9-15(2)22-20(10-14)31-23(27-22)28(12-17-5-3-4-8-26-17)21(29)13-30-19-7-6-16(24)11-18(19)25/h3-11H,12-13H2,1-2H3. The van der Waals surface area contributed by atoms with Gasteiger partial charge in [-0.15, -0.1) is 0 Å². The molecule has 4 rings (SSSR count). The molecule has 2 aromatic carbocycles. The second kappa shape index (κ2) is 9.22. The van der Waals surface area contributed by atoms with Gasteiger partial charge in [0.25, 0.3) is 5.91 Å². The number of hydrogen-bond acceptors (Lipinski definition) is 5. The monoisotopic (exact) mass is 471 g/mol. The normalized spacial score (nSPS) is 11.0. The van der Waals surface area contributed by atoms with Gasteiger partial charge in [0.15, 0.2) is 11.7 Å². The molecule has 0 aliphatic carbocycles. The number of ether oxygens (including phenoxy) is 1. The Morgan fingerprint density at radius 1 is 1.13 bits per heavy atom. The minimum absolute atomic E-state index is 0.192. The highest BCUT2D eigenvalue weighted by Crippen LogP contribution is 2.33. The van der Waals surface area contributed by atoms with E-state index in [4.69, 9.17) is 32.9 Å². The van der Waals surface area contributed by atoms with E-state index in [0.29, 0.717) is 20.9 Å². The van der Waals surface area contributed by atoms with Gasteiger partial charge in [-0.1, -0.05) is 46.7 Å². The topological polar surface area (TPSA) is 55.3 Å². The van der Waals surface area contributed by atoms with Crippen molar-refractivity contribution in [2.24, 2.45) is 0 Å². The van der Waals surface area contributed by atoms with Crippen molar-refractivity contribution in [2.75, 3.05) is 11.5 Å². The van der Waals surface area contributed by atoms with Gasteiger partial charge in [-0.05, 0) is 61.4 Å². The van der Waals surface area contributed by atoms with Gasteiger partial charge < -0.3 is 4.74 Å². The zero-order valence-electron chi connectivity index (χ0n) is 16.9. The Morgan fingerprint density at radius 3 is 2.71 bits per heavy atom. The van der Waals surface area contributed by atoms with Gasteiger partial charge in [0.2, 0.25) is 0 Å². The number of benzene rings is 2. The van der Waals surface area contributed by atoms with Crippen LogP contribution in [0.2, 0.25) is 10.0 Å². The van der Waals surface area contributed by atoms with Gasteiger partial charge in [0.1, 0.15) is 5.75 Å². The van der Waals surface area contributed by atoms with Gasteiger partial charge >= 0.3 is 0 Å². The average molecular weight is 472 g/mol. The molecule has 2 heterocycles. The van der Waals surface area contributed by atoms with Crippen LogP contribution in [0.3, 0.4) is 0 Å². The molecule has 0 fully saturated rings. The molecule has 0 spiro atoms. The third kappa shape index (κ3) is 4.98. The number of rotatable bonds is 6. The number of anilines is 1. The van der Waals surface area contributed by atoms with Crippen LogP contribution in [0.25, 0.3) is 10.2 Å².